The van der Waals surface area contributed by atoms with E-state index in [2.05, 4.69) is 5.10 Å². The van der Waals surface area contributed by atoms with Crippen LogP contribution < -0.4 is 5.73 Å². The molecule has 0 bridgehead atoms. The Morgan fingerprint density at radius 2 is 2.11 bits per heavy atom. The van der Waals surface area contributed by atoms with Crippen molar-refractivity contribution >= 4 is 11.5 Å². The fraction of sp³-hybridized carbons (Fsp3) is 0.308. The number of aryl methyl sites for hydroxylation is 1. The second-order valence-corrected chi connectivity index (χ2v) is 4.78. The molecule has 0 unspecified atom stereocenters. The quantitative estimate of drug-likeness (QED) is 0.679. The minimum atomic E-state index is -0.468. The van der Waals surface area contributed by atoms with Crippen LogP contribution in [0, 0.1) is 17.0 Å². The highest BCUT2D eigenvalue weighted by Crippen LogP contribution is 2.33. The minimum absolute atomic E-state index is 0.0613. The number of benzene rings is 1. The number of nitro groups is 1. The van der Waals surface area contributed by atoms with Crippen molar-refractivity contribution in [3.63, 3.8) is 0 Å². The van der Waals surface area contributed by atoms with Crippen molar-refractivity contribution in [1.82, 2.24) is 9.78 Å². The van der Waals surface area contributed by atoms with Gasteiger partial charge in [0.15, 0.2) is 0 Å². The van der Waals surface area contributed by atoms with Crippen LogP contribution in [-0.4, -0.2) is 14.7 Å². The van der Waals surface area contributed by atoms with Gasteiger partial charge in [-0.1, -0.05) is 26.0 Å². The van der Waals surface area contributed by atoms with Crippen LogP contribution in [-0.2, 0) is 0 Å². The molecular formula is C13H16N4O2. The number of rotatable bonds is 3. The first-order valence-electron chi connectivity index (χ1n) is 6.01. The Hall–Kier alpha value is -2.37. The number of hydrogen-bond donors (Lipinski definition) is 1. The van der Waals surface area contributed by atoms with Crippen molar-refractivity contribution in [2.45, 2.75) is 26.7 Å². The zero-order chi connectivity index (χ0) is 14.2. The average Bonchev–Trinajstić information content (AvgIpc) is 2.67. The van der Waals surface area contributed by atoms with Gasteiger partial charge in [0.05, 0.1) is 10.6 Å². The predicted molar refractivity (Wildman–Crippen MR) is 73.5 cm³/mol. The van der Waals surface area contributed by atoms with Crippen LogP contribution in [0.5, 0.6) is 0 Å². The van der Waals surface area contributed by atoms with Gasteiger partial charge in [-0.2, -0.15) is 5.10 Å². The molecule has 2 rings (SSSR count). The van der Waals surface area contributed by atoms with Gasteiger partial charge in [0.2, 0.25) is 5.82 Å². The van der Waals surface area contributed by atoms with Gasteiger partial charge in [0.25, 0.3) is 0 Å². The lowest BCUT2D eigenvalue weighted by Gasteiger charge is -2.03. The Labute approximate surface area is 111 Å². The van der Waals surface area contributed by atoms with Crippen LogP contribution in [0.1, 0.15) is 31.0 Å². The fourth-order valence-electron chi connectivity index (χ4n) is 1.97. The third-order valence-electron chi connectivity index (χ3n) is 2.90. The highest BCUT2D eigenvalue weighted by Gasteiger charge is 2.28. The van der Waals surface area contributed by atoms with E-state index in [1.54, 1.807) is 0 Å². The van der Waals surface area contributed by atoms with Gasteiger partial charge in [0, 0.05) is 5.92 Å². The first kappa shape index (κ1) is 13.1. The molecule has 6 nitrogen and oxygen atoms in total. The molecule has 0 aliphatic carbocycles. The van der Waals surface area contributed by atoms with Crippen molar-refractivity contribution in [2.75, 3.05) is 5.73 Å². The van der Waals surface area contributed by atoms with Crippen LogP contribution in [0.4, 0.5) is 11.5 Å². The molecular weight excluding hydrogens is 244 g/mol. The molecule has 0 saturated heterocycles. The zero-order valence-corrected chi connectivity index (χ0v) is 11.1. The third kappa shape index (κ3) is 2.29. The summed E-state index contributed by atoms with van der Waals surface area (Å²) in [5, 5.41) is 15.4. The van der Waals surface area contributed by atoms with E-state index in [9.17, 15) is 10.1 Å². The lowest BCUT2D eigenvalue weighted by Crippen LogP contribution is -2.03. The summed E-state index contributed by atoms with van der Waals surface area (Å²) in [6, 6.07) is 7.52. The molecule has 0 spiro atoms. The topological polar surface area (TPSA) is 87.0 Å². The normalized spacial score (nSPS) is 10.9. The summed E-state index contributed by atoms with van der Waals surface area (Å²) in [4.78, 5) is 10.7. The summed E-state index contributed by atoms with van der Waals surface area (Å²) in [6.45, 7) is 5.66. The highest BCUT2D eigenvalue weighted by atomic mass is 16.6. The first-order valence-corrected chi connectivity index (χ1v) is 6.01. The number of anilines is 1. The standard InChI is InChI=1S/C13H16N4O2/c1-8(2)11-12(17(18)19)13(14)16(15-11)10-6-4-5-9(3)7-10/h4-8H,14H2,1-3H3. The van der Waals surface area contributed by atoms with Crippen molar-refractivity contribution in [1.29, 1.82) is 0 Å². The largest absolute Gasteiger partial charge is 0.378 e. The molecule has 2 aromatic rings. The number of nitrogen functional groups attached to an aromatic ring is 1. The molecule has 6 heteroatoms. The molecule has 0 aliphatic rings. The maximum Gasteiger partial charge on any atom is 0.334 e. The Balaban J connectivity index is 2.66. The maximum absolute atomic E-state index is 11.1. The molecule has 0 aliphatic heterocycles. The van der Waals surface area contributed by atoms with Gasteiger partial charge in [-0.25, -0.2) is 4.68 Å². The Morgan fingerprint density at radius 3 is 2.58 bits per heavy atom. The Morgan fingerprint density at radius 1 is 1.42 bits per heavy atom. The molecule has 0 amide bonds. The first-order chi connectivity index (χ1) is 8.91. The van der Waals surface area contributed by atoms with Gasteiger partial charge in [0.1, 0.15) is 5.69 Å². The van der Waals surface area contributed by atoms with E-state index in [1.807, 2.05) is 45.0 Å². The van der Waals surface area contributed by atoms with Crippen LogP contribution >= 0.6 is 0 Å². The van der Waals surface area contributed by atoms with Gasteiger partial charge in [-0.15, -0.1) is 0 Å². The summed E-state index contributed by atoms with van der Waals surface area (Å²) in [5.74, 6) is 0.00746. The van der Waals surface area contributed by atoms with Crippen molar-refractivity contribution in [3.05, 3.63) is 45.6 Å². The minimum Gasteiger partial charge on any atom is -0.378 e. The van der Waals surface area contributed by atoms with Crippen LogP contribution in [0.2, 0.25) is 0 Å². The molecule has 1 heterocycles. The van der Waals surface area contributed by atoms with Crippen molar-refractivity contribution < 1.29 is 4.92 Å². The van der Waals surface area contributed by atoms with Crippen molar-refractivity contribution in [3.8, 4) is 5.69 Å². The molecule has 19 heavy (non-hydrogen) atoms. The van der Waals surface area contributed by atoms with E-state index in [-0.39, 0.29) is 17.4 Å². The number of nitrogens with two attached hydrogens (primary N) is 1. The Bertz CT molecular complexity index is 632. The summed E-state index contributed by atoms with van der Waals surface area (Å²) >= 11 is 0. The molecule has 0 saturated carbocycles. The van der Waals surface area contributed by atoms with E-state index >= 15 is 0 Å². The monoisotopic (exact) mass is 260 g/mol. The van der Waals surface area contributed by atoms with Gasteiger partial charge >= 0.3 is 5.69 Å². The molecule has 100 valence electrons. The SMILES string of the molecule is Cc1cccc(-n2nc(C(C)C)c([N+](=O)[O-])c2N)c1. The molecule has 1 aromatic carbocycles. The lowest BCUT2D eigenvalue weighted by atomic mass is 10.1. The smallest absolute Gasteiger partial charge is 0.334 e. The molecule has 0 fully saturated rings. The highest BCUT2D eigenvalue weighted by molar-refractivity contribution is 5.61. The van der Waals surface area contributed by atoms with E-state index < -0.39 is 4.92 Å². The van der Waals surface area contributed by atoms with Gasteiger partial charge in [-0.3, -0.25) is 10.1 Å². The van der Waals surface area contributed by atoms with Gasteiger partial charge < -0.3 is 5.73 Å². The lowest BCUT2D eigenvalue weighted by molar-refractivity contribution is -0.384. The summed E-state index contributed by atoms with van der Waals surface area (Å²) in [6.07, 6.45) is 0. The average molecular weight is 260 g/mol. The predicted octanol–water partition coefficient (Wildman–Crippen LogP) is 2.79. The molecule has 1 aromatic heterocycles. The summed E-state index contributed by atoms with van der Waals surface area (Å²) in [7, 11) is 0. The van der Waals surface area contributed by atoms with E-state index in [1.165, 1.54) is 4.68 Å². The second kappa shape index (κ2) is 4.72. The van der Waals surface area contributed by atoms with E-state index in [4.69, 9.17) is 5.73 Å². The molecule has 0 radical (unpaired) electrons. The van der Waals surface area contributed by atoms with E-state index in [0.717, 1.165) is 11.3 Å². The number of aromatic nitrogens is 2. The zero-order valence-electron chi connectivity index (χ0n) is 11.1. The fourth-order valence-corrected chi connectivity index (χ4v) is 1.97. The second-order valence-electron chi connectivity index (χ2n) is 4.78. The third-order valence-corrected chi connectivity index (χ3v) is 2.90. The molecule has 2 N–H and O–H groups in total. The molecule has 0 atom stereocenters. The van der Waals surface area contributed by atoms with E-state index in [0.29, 0.717) is 5.69 Å². The maximum atomic E-state index is 11.1. The summed E-state index contributed by atoms with van der Waals surface area (Å²) in [5.41, 5.74) is 7.96. The summed E-state index contributed by atoms with van der Waals surface area (Å²) < 4.78 is 1.43. The van der Waals surface area contributed by atoms with Crippen LogP contribution in [0.15, 0.2) is 24.3 Å². The van der Waals surface area contributed by atoms with Crippen LogP contribution in [0.3, 0.4) is 0 Å². The number of nitrogens with zero attached hydrogens (tertiary/aromatic N) is 3. The number of hydrogen-bond acceptors (Lipinski definition) is 4. The van der Waals surface area contributed by atoms with Crippen LogP contribution in [0.25, 0.3) is 5.69 Å². The van der Waals surface area contributed by atoms with Crippen molar-refractivity contribution in [2.24, 2.45) is 0 Å². The van der Waals surface area contributed by atoms with Gasteiger partial charge in [-0.05, 0) is 24.6 Å². The Kier molecular flexibility index (Phi) is 3.25.